The first-order chi connectivity index (χ1) is 5.24. The summed E-state index contributed by atoms with van der Waals surface area (Å²) >= 11 is 4.88. The Bertz CT molecular complexity index is 244. The second kappa shape index (κ2) is 4.04. The highest BCUT2D eigenvalue weighted by molar-refractivity contribution is 9.10. The Morgan fingerprint density at radius 1 is 1.82 bits per heavy atom. The van der Waals surface area contributed by atoms with Crippen LogP contribution < -0.4 is 0 Å². The number of rotatable bonds is 3. The van der Waals surface area contributed by atoms with Gasteiger partial charge < -0.3 is 5.11 Å². The first-order valence-electron chi connectivity index (χ1n) is 3.27. The van der Waals surface area contributed by atoms with Crippen LogP contribution in [-0.2, 0) is 0 Å². The SMILES string of the molecule is C=CCC(O)c1cc(Br)cs1. The maximum atomic E-state index is 9.45. The van der Waals surface area contributed by atoms with Crippen molar-refractivity contribution >= 4 is 27.3 Å². The summed E-state index contributed by atoms with van der Waals surface area (Å²) < 4.78 is 1.03. The lowest BCUT2D eigenvalue weighted by Crippen LogP contribution is -1.90. The average Bonchev–Trinajstić information content (AvgIpc) is 2.36. The lowest BCUT2D eigenvalue weighted by atomic mass is 10.2. The first-order valence-corrected chi connectivity index (χ1v) is 4.94. The third kappa shape index (κ3) is 2.43. The lowest BCUT2D eigenvalue weighted by Gasteiger charge is -2.02. The Kier molecular flexibility index (Phi) is 3.30. The molecule has 0 aliphatic carbocycles. The van der Waals surface area contributed by atoms with Crippen molar-refractivity contribution in [3.8, 4) is 0 Å². The fourth-order valence-electron chi connectivity index (χ4n) is 0.777. The van der Waals surface area contributed by atoms with Gasteiger partial charge in [-0.05, 0) is 28.4 Å². The molecule has 1 unspecified atom stereocenters. The second-order valence-corrected chi connectivity index (χ2v) is 4.07. The minimum atomic E-state index is -0.385. The molecule has 0 bridgehead atoms. The quantitative estimate of drug-likeness (QED) is 0.795. The van der Waals surface area contributed by atoms with E-state index in [2.05, 4.69) is 22.5 Å². The standard InChI is InChI=1S/C8H9BrOS/c1-2-3-7(10)8-4-6(9)5-11-8/h2,4-5,7,10H,1,3H2. The summed E-state index contributed by atoms with van der Waals surface area (Å²) in [5, 5.41) is 11.4. The first kappa shape index (κ1) is 8.97. The Balaban J connectivity index is 2.67. The van der Waals surface area contributed by atoms with E-state index in [1.807, 2.05) is 11.4 Å². The average molecular weight is 233 g/mol. The molecule has 0 aliphatic heterocycles. The molecule has 11 heavy (non-hydrogen) atoms. The van der Waals surface area contributed by atoms with Crippen LogP contribution in [0.25, 0.3) is 0 Å². The van der Waals surface area contributed by atoms with Gasteiger partial charge in [-0.15, -0.1) is 17.9 Å². The number of aliphatic hydroxyl groups excluding tert-OH is 1. The Morgan fingerprint density at radius 3 is 3.00 bits per heavy atom. The minimum Gasteiger partial charge on any atom is -0.387 e. The largest absolute Gasteiger partial charge is 0.387 e. The van der Waals surface area contributed by atoms with Gasteiger partial charge in [0.25, 0.3) is 0 Å². The Hall–Kier alpha value is -0.120. The molecule has 1 atom stereocenters. The van der Waals surface area contributed by atoms with Crippen molar-refractivity contribution in [3.05, 3.63) is 33.5 Å². The maximum absolute atomic E-state index is 9.45. The summed E-state index contributed by atoms with van der Waals surface area (Å²) in [5.74, 6) is 0. The monoisotopic (exact) mass is 232 g/mol. The van der Waals surface area contributed by atoms with Crippen molar-refractivity contribution in [3.63, 3.8) is 0 Å². The molecular formula is C8H9BrOS. The third-order valence-electron chi connectivity index (χ3n) is 1.31. The van der Waals surface area contributed by atoms with Crippen LogP contribution in [0.1, 0.15) is 17.4 Å². The van der Waals surface area contributed by atoms with Crippen molar-refractivity contribution in [2.45, 2.75) is 12.5 Å². The van der Waals surface area contributed by atoms with E-state index >= 15 is 0 Å². The number of aliphatic hydroxyl groups is 1. The Labute approximate surface area is 78.5 Å². The van der Waals surface area contributed by atoms with Crippen LogP contribution in [-0.4, -0.2) is 5.11 Å². The van der Waals surface area contributed by atoms with Crippen molar-refractivity contribution < 1.29 is 5.11 Å². The van der Waals surface area contributed by atoms with Gasteiger partial charge in [-0.3, -0.25) is 0 Å². The molecular weight excluding hydrogens is 224 g/mol. The molecule has 1 heterocycles. The van der Waals surface area contributed by atoms with Gasteiger partial charge in [0, 0.05) is 14.7 Å². The van der Waals surface area contributed by atoms with E-state index in [-0.39, 0.29) is 6.10 Å². The van der Waals surface area contributed by atoms with Crippen molar-refractivity contribution in [2.24, 2.45) is 0 Å². The van der Waals surface area contributed by atoms with E-state index in [9.17, 15) is 5.11 Å². The molecule has 0 saturated carbocycles. The van der Waals surface area contributed by atoms with Gasteiger partial charge in [0.15, 0.2) is 0 Å². The van der Waals surface area contributed by atoms with Crippen LogP contribution in [0.5, 0.6) is 0 Å². The topological polar surface area (TPSA) is 20.2 Å². The molecule has 1 aromatic rings. The van der Waals surface area contributed by atoms with Gasteiger partial charge in [-0.1, -0.05) is 6.08 Å². The van der Waals surface area contributed by atoms with E-state index < -0.39 is 0 Å². The van der Waals surface area contributed by atoms with Crippen LogP contribution >= 0.6 is 27.3 Å². The molecule has 3 heteroatoms. The summed E-state index contributed by atoms with van der Waals surface area (Å²) in [4.78, 5) is 0.983. The van der Waals surface area contributed by atoms with Crippen molar-refractivity contribution in [2.75, 3.05) is 0 Å². The molecule has 0 radical (unpaired) electrons. The molecule has 1 nitrogen and oxygen atoms in total. The normalized spacial score (nSPS) is 12.9. The van der Waals surface area contributed by atoms with Crippen LogP contribution in [0.4, 0.5) is 0 Å². The van der Waals surface area contributed by atoms with Gasteiger partial charge in [0.2, 0.25) is 0 Å². The highest BCUT2D eigenvalue weighted by Crippen LogP contribution is 2.27. The van der Waals surface area contributed by atoms with Crippen molar-refractivity contribution in [1.82, 2.24) is 0 Å². The molecule has 1 N–H and O–H groups in total. The maximum Gasteiger partial charge on any atom is 0.0916 e. The predicted octanol–water partition coefficient (Wildman–Crippen LogP) is 3.12. The zero-order valence-electron chi connectivity index (χ0n) is 5.96. The lowest BCUT2D eigenvalue weighted by molar-refractivity contribution is 0.185. The minimum absolute atomic E-state index is 0.385. The predicted molar refractivity (Wildman–Crippen MR) is 51.8 cm³/mol. The molecule has 0 aromatic carbocycles. The molecule has 1 rings (SSSR count). The number of thiophene rings is 1. The molecule has 1 aromatic heterocycles. The van der Waals surface area contributed by atoms with Gasteiger partial charge in [-0.25, -0.2) is 0 Å². The number of hydrogen-bond donors (Lipinski definition) is 1. The van der Waals surface area contributed by atoms with E-state index in [1.165, 1.54) is 0 Å². The van der Waals surface area contributed by atoms with E-state index in [0.717, 1.165) is 9.35 Å². The molecule has 0 spiro atoms. The molecule has 0 saturated heterocycles. The van der Waals surface area contributed by atoms with E-state index in [0.29, 0.717) is 6.42 Å². The molecule has 0 amide bonds. The fourth-order valence-corrected chi connectivity index (χ4v) is 2.22. The molecule has 0 fully saturated rings. The van der Waals surface area contributed by atoms with Crippen LogP contribution in [0.2, 0.25) is 0 Å². The second-order valence-electron chi connectivity index (χ2n) is 2.21. The summed E-state index contributed by atoms with van der Waals surface area (Å²) in [6.07, 6.45) is 1.95. The summed E-state index contributed by atoms with van der Waals surface area (Å²) in [7, 11) is 0. The van der Waals surface area contributed by atoms with Gasteiger partial charge in [0.05, 0.1) is 6.10 Å². The van der Waals surface area contributed by atoms with Gasteiger partial charge in [-0.2, -0.15) is 0 Å². The molecule has 0 aliphatic rings. The van der Waals surface area contributed by atoms with E-state index in [1.54, 1.807) is 17.4 Å². The summed E-state index contributed by atoms with van der Waals surface area (Å²) in [5.41, 5.74) is 0. The van der Waals surface area contributed by atoms with E-state index in [4.69, 9.17) is 0 Å². The zero-order chi connectivity index (χ0) is 8.27. The summed E-state index contributed by atoms with van der Waals surface area (Å²) in [6, 6.07) is 1.93. The van der Waals surface area contributed by atoms with Gasteiger partial charge >= 0.3 is 0 Å². The number of halogens is 1. The smallest absolute Gasteiger partial charge is 0.0916 e. The highest BCUT2D eigenvalue weighted by atomic mass is 79.9. The fraction of sp³-hybridized carbons (Fsp3) is 0.250. The number of hydrogen-bond acceptors (Lipinski definition) is 2. The van der Waals surface area contributed by atoms with Crippen LogP contribution in [0, 0.1) is 0 Å². The zero-order valence-corrected chi connectivity index (χ0v) is 8.36. The molecule has 60 valence electrons. The van der Waals surface area contributed by atoms with Crippen LogP contribution in [0.3, 0.4) is 0 Å². The van der Waals surface area contributed by atoms with Crippen molar-refractivity contribution in [1.29, 1.82) is 0 Å². The summed E-state index contributed by atoms with van der Waals surface area (Å²) in [6.45, 7) is 3.57. The van der Waals surface area contributed by atoms with Crippen LogP contribution in [0.15, 0.2) is 28.6 Å². The third-order valence-corrected chi connectivity index (χ3v) is 3.10. The Morgan fingerprint density at radius 2 is 2.55 bits per heavy atom. The highest BCUT2D eigenvalue weighted by Gasteiger charge is 2.06. The van der Waals surface area contributed by atoms with Gasteiger partial charge in [0.1, 0.15) is 0 Å².